The number of benzene rings is 2. The molecule has 2 aromatic heterocycles. The molecular formula is C23H21ClN4O. The fourth-order valence-corrected chi connectivity index (χ4v) is 4.19. The van der Waals surface area contributed by atoms with Crippen LogP contribution < -0.4 is 10.5 Å². The Hall–Kier alpha value is -2.89. The molecule has 1 aliphatic rings. The Morgan fingerprint density at radius 2 is 1.72 bits per heavy atom. The molecule has 5 nitrogen and oxygen atoms in total. The highest BCUT2D eigenvalue weighted by molar-refractivity contribution is 6.30. The highest BCUT2D eigenvalue weighted by Crippen LogP contribution is 2.23. The van der Waals surface area contributed by atoms with E-state index in [1.165, 1.54) is 5.56 Å². The van der Waals surface area contributed by atoms with Gasteiger partial charge in [0, 0.05) is 55.2 Å². The molecule has 1 aliphatic heterocycles. The summed E-state index contributed by atoms with van der Waals surface area (Å²) in [6.45, 7) is 4.67. The number of rotatable bonds is 3. The van der Waals surface area contributed by atoms with Gasteiger partial charge < -0.3 is 9.88 Å². The van der Waals surface area contributed by atoms with Gasteiger partial charge in [-0.2, -0.15) is 0 Å². The van der Waals surface area contributed by atoms with Crippen LogP contribution in [0.3, 0.4) is 0 Å². The lowest BCUT2D eigenvalue weighted by atomic mass is 10.0. The second-order valence-electron chi connectivity index (χ2n) is 7.48. The maximum Gasteiger partial charge on any atom is 0.256 e. The van der Waals surface area contributed by atoms with Crippen LogP contribution in [0, 0.1) is 0 Å². The molecule has 4 aromatic rings. The van der Waals surface area contributed by atoms with Gasteiger partial charge >= 0.3 is 0 Å². The molecule has 0 amide bonds. The molecule has 1 saturated heterocycles. The van der Waals surface area contributed by atoms with E-state index in [-0.39, 0.29) is 5.56 Å². The summed E-state index contributed by atoms with van der Waals surface area (Å²) in [5.41, 5.74) is 2.08. The zero-order chi connectivity index (χ0) is 19.8. The molecule has 29 heavy (non-hydrogen) atoms. The van der Waals surface area contributed by atoms with Gasteiger partial charge in [0.1, 0.15) is 5.82 Å². The highest BCUT2D eigenvalue weighted by atomic mass is 35.5. The van der Waals surface area contributed by atoms with Gasteiger partial charge in [-0.3, -0.25) is 9.69 Å². The van der Waals surface area contributed by atoms with E-state index >= 15 is 0 Å². The van der Waals surface area contributed by atoms with Gasteiger partial charge in [0.05, 0.1) is 5.02 Å². The molecule has 0 spiro atoms. The predicted molar refractivity (Wildman–Crippen MR) is 119 cm³/mol. The second kappa shape index (κ2) is 7.50. The minimum atomic E-state index is -0.0330. The number of piperazine rings is 1. The van der Waals surface area contributed by atoms with Crippen LogP contribution in [-0.2, 0) is 6.54 Å². The minimum absolute atomic E-state index is 0.0330. The van der Waals surface area contributed by atoms with Crippen molar-refractivity contribution in [3.63, 3.8) is 0 Å². The van der Waals surface area contributed by atoms with Crippen LogP contribution in [0.15, 0.2) is 65.6 Å². The van der Waals surface area contributed by atoms with Crippen molar-refractivity contribution in [3.8, 4) is 0 Å². The maximum absolute atomic E-state index is 12.4. The van der Waals surface area contributed by atoms with Crippen LogP contribution in [0.25, 0.3) is 21.7 Å². The van der Waals surface area contributed by atoms with Gasteiger partial charge in [-0.1, -0.05) is 41.9 Å². The Morgan fingerprint density at radius 3 is 2.48 bits per heavy atom. The average molecular weight is 405 g/mol. The molecule has 0 radical (unpaired) electrons. The molecule has 0 aliphatic carbocycles. The predicted octanol–water partition coefficient (Wildman–Crippen LogP) is 4.05. The van der Waals surface area contributed by atoms with Crippen LogP contribution in [0.2, 0.25) is 5.02 Å². The molecule has 5 rings (SSSR count). The fourth-order valence-electron chi connectivity index (χ4n) is 4.08. The monoisotopic (exact) mass is 404 g/mol. The molecule has 0 unspecified atom stereocenters. The molecule has 0 bridgehead atoms. The number of aromatic amines is 1. The smallest absolute Gasteiger partial charge is 0.256 e. The van der Waals surface area contributed by atoms with E-state index in [0.717, 1.165) is 60.2 Å². The molecule has 3 heterocycles. The summed E-state index contributed by atoms with van der Waals surface area (Å²) in [6, 6.07) is 18.0. The largest absolute Gasteiger partial charge is 0.354 e. The quantitative estimate of drug-likeness (QED) is 0.523. The Bertz CT molecular complexity index is 1230. The van der Waals surface area contributed by atoms with E-state index in [2.05, 4.69) is 38.0 Å². The Morgan fingerprint density at radius 1 is 0.931 bits per heavy atom. The highest BCUT2D eigenvalue weighted by Gasteiger charge is 2.18. The zero-order valence-corrected chi connectivity index (χ0v) is 16.7. The van der Waals surface area contributed by atoms with E-state index < -0.39 is 0 Å². The van der Waals surface area contributed by atoms with Gasteiger partial charge in [-0.15, -0.1) is 0 Å². The van der Waals surface area contributed by atoms with Crippen molar-refractivity contribution in [1.29, 1.82) is 0 Å². The molecule has 0 atom stereocenters. The summed E-state index contributed by atoms with van der Waals surface area (Å²) in [4.78, 5) is 24.6. The van der Waals surface area contributed by atoms with Gasteiger partial charge in [0.25, 0.3) is 5.56 Å². The molecule has 0 saturated carbocycles. The van der Waals surface area contributed by atoms with Crippen LogP contribution in [0.5, 0.6) is 0 Å². The number of hydrogen-bond donors (Lipinski definition) is 1. The van der Waals surface area contributed by atoms with E-state index in [9.17, 15) is 4.79 Å². The van der Waals surface area contributed by atoms with Gasteiger partial charge in [-0.25, -0.2) is 4.98 Å². The zero-order valence-electron chi connectivity index (χ0n) is 15.9. The van der Waals surface area contributed by atoms with Gasteiger partial charge in [0.2, 0.25) is 0 Å². The molecule has 1 fully saturated rings. The standard InChI is InChI=1S/C23H21ClN4O/c24-17-6-8-22(25-14-17)28-11-9-27(10-12-28)15-16-5-7-19-18-3-1-2-4-20(18)23(29)26-21(19)13-16/h1-8,13-14H,9-12,15H2,(H,26,29). The third kappa shape index (κ3) is 3.59. The maximum atomic E-state index is 12.4. The van der Waals surface area contributed by atoms with Crippen molar-refractivity contribution >= 4 is 39.1 Å². The van der Waals surface area contributed by atoms with Crippen molar-refractivity contribution in [3.05, 3.63) is 81.7 Å². The van der Waals surface area contributed by atoms with Gasteiger partial charge in [0.15, 0.2) is 0 Å². The van der Waals surface area contributed by atoms with Crippen molar-refractivity contribution < 1.29 is 0 Å². The molecule has 146 valence electrons. The van der Waals surface area contributed by atoms with E-state index in [0.29, 0.717) is 5.02 Å². The van der Waals surface area contributed by atoms with E-state index in [4.69, 9.17) is 11.6 Å². The first-order chi connectivity index (χ1) is 14.2. The van der Waals surface area contributed by atoms with Crippen LogP contribution in [0.4, 0.5) is 5.82 Å². The van der Waals surface area contributed by atoms with Crippen LogP contribution in [0.1, 0.15) is 5.56 Å². The number of H-pyrrole nitrogens is 1. The first-order valence-electron chi connectivity index (χ1n) is 9.80. The van der Waals surface area contributed by atoms with Gasteiger partial charge in [-0.05, 0) is 35.2 Å². The molecule has 1 N–H and O–H groups in total. The molecular weight excluding hydrogens is 384 g/mol. The Labute approximate surface area is 173 Å². The Balaban J connectivity index is 1.33. The van der Waals surface area contributed by atoms with E-state index in [1.54, 1.807) is 6.20 Å². The van der Waals surface area contributed by atoms with E-state index in [1.807, 2.05) is 36.4 Å². The first kappa shape index (κ1) is 18.2. The summed E-state index contributed by atoms with van der Waals surface area (Å²) >= 11 is 5.94. The number of hydrogen-bond acceptors (Lipinski definition) is 4. The number of pyridine rings is 2. The lowest BCUT2D eigenvalue weighted by Crippen LogP contribution is -2.46. The summed E-state index contributed by atoms with van der Waals surface area (Å²) in [6.07, 6.45) is 1.70. The SMILES string of the molecule is O=c1[nH]c2cc(CN3CCN(c4ccc(Cl)cn4)CC3)ccc2c2ccccc12. The first-order valence-corrected chi connectivity index (χ1v) is 10.2. The van der Waals surface area contributed by atoms with Crippen molar-refractivity contribution in [1.82, 2.24) is 14.9 Å². The van der Waals surface area contributed by atoms with Crippen molar-refractivity contribution in [2.24, 2.45) is 0 Å². The number of aromatic nitrogens is 2. The number of halogens is 1. The normalized spacial score (nSPS) is 15.3. The summed E-state index contributed by atoms with van der Waals surface area (Å²) in [5.74, 6) is 0.976. The summed E-state index contributed by atoms with van der Waals surface area (Å²) < 4.78 is 0. The minimum Gasteiger partial charge on any atom is -0.354 e. The number of anilines is 1. The van der Waals surface area contributed by atoms with Crippen LogP contribution >= 0.6 is 11.6 Å². The number of nitrogens with zero attached hydrogens (tertiary/aromatic N) is 3. The third-order valence-electron chi connectivity index (χ3n) is 5.61. The lowest BCUT2D eigenvalue weighted by Gasteiger charge is -2.35. The summed E-state index contributed by atoms with van der Waals surface area (Å²) in [5, 5.41) is 3.48. The number of fused-ring (bicyclic) bond motifs is 3. The second-order valence-corrected chi connectivity index (χ2v) is 7.91. The van der Waals surface area contributed by atoms with Crippen molar-refractivity contribution in [2.45, 2.75) is 6.54 Å². The summed E-state index contributed by atoms with van der Waals surface area (Å²) in [7, 11) is 0. The Kier molecular flexibility index (Phi) is 4.70. The average Bonchev–Trinajstić information content (AvgIpc) is 2.75. The van der Waals surface area contributed by atoms with Crippen LogP contribution in [-0.4, -0.2) is 41.0 Å². The third-order valence-corrected chi connectivity index (χ3v) is 5.83. The number of nitrogens with one attached hydrogen (secondary N) is 1. The molecule has 2 aromatic carbocycles. The van der Waals surface area contributed by atoms with Crippen molar-refractivity contribution in [2.75, 3.05) is 31.1 Å². The fraction of sp³-hybridized carbons (Fsp3) is 0.217. The topological polar surface area (TPSA) is 52.2 Å². The molecule has 6 heteroatoms. The lowest BCUT2D eigenvalue weighted by molar-refractivity contribution is 0.249.